The van der Waals surface area contributed by atoms with Crippen molar-refractivity contribution in [2.75, 3.05) is 0 Å². The fourth-order valence-corrected chi connectivity index (χ4v) is 4.09. The Labute approximate surface area is 148 Å². The number of rotatable bonds is 8. The standard InChI is InChI=1S/C19H23F2NO2S/c1-3-5-16(6-4-2)22-25(23,24)17-10-7-14(8-11-17)18-12-9-15(20)13-19(18)21/h7-13,16,22H,3-6H2,1-2H3. The maximum Gasteiger partial charge on any atom is 0.240 e. The van der Waals surface area contributed by atoms with E-state index in [4.69, 9.17) is 0 Å². The van der Waals surface area contributed by atoms with Crippen LogP contribution in [0, 0.1) is 11.6 Å². The zero-order valence-electron chi connectivity index (χ0n) is 14.4. The molecule has 0 spiro atoms. The van der Waals surface area contributed by atoms with Gasteiger partial charge in [-0.2, -0.15) is 0 Å². The van der Waals surface area contributed by atoms with E-state index >= 15 is 0 Å². The van der Waals surface area contributed by atoms with E-state index in [1.807, 2.05) is 13.8 Å². The van der Waals surface area contributed by atoms with Gasteiger partial charge in [-0.15, -0.1) is 0 Å². The van der Waals surface area contributed by atoms with E-state index in [1.165, 1.54) is 36.4 Å². The van der Waals surface area contributed by atoms with Crippen LogP contribution in [-0.4, -0.2) is 14.5 Å². The summed E-state index contributed by atoms with van der Waals surface area (Å²) in [6.45, 7) is 4.03. The molecule has 1 N–H and O–H groups in total. The summed E-state index contributed by atoms with van der Waals surface area (Å²) in [6.07, 6.45) is 3.36. The Hall–Kier alpha value is -1.79. The molecule has 2 aromatic rings. The van der Waals surface area contributed by atoms with Gasteiger partial charge in [-0.25, -0.2) is 21.9 Å². The number of sulfonamides is 1. The predicted octanol–water partition coefficient (Wildman–Crippen LogP) is 4.88. The summed E-state index contributed by atoms with van der Waals surface area (Å²) in [7, 11) is -3.62. The van der Waals surface area contributed by atoms with E-state index in [9.17, 15) is 17.2 Å². The van der Waals surface area contributed by atoms with Gasteiger partial charge in [0.15, 0.2) is 0 Å². The van der Waals surface area contributed by atoms with E-state index in [0.29, 0.717) is 5.56 Å². The topological polar surface area (TPSA) is 46.2 Å². The molecular formula is C19H23F2NO2S. The second-order valence-electron chi connectivity index (χ2n) is 6.04. The van der Waals surface area contributed by atoms with Gasteiger partial charge in [-0.1, -0.05) is 38.8 Å². The minimum atomic E-state index is -3.62. The highest BCUT2D eigenvalue weighted by molar-refractivity contribution is 7.89. The lowest BCUT2D eigenvalue weighted by Crippen LogP contribution is -2.34. The Balaban J connectivity index is 2.23. The number of benzene rings is 2. The fourth-order valence-electron chi connectivity index (χ4n) is 2.78. The molecule has 0 amide bonds. The second kappa shape index (κ2) is 8.54. The molecule has 0 radical (unpaired) electrons. The van der Waals surface area contributed by atoms with Gasteiger partial charge in [0.05, 0.1) is 4.90 Å². The van der Waals surface area contributed by atoms with Gasteiger partial charge >= 0.3 is 0 Å². The Morgan fingerprint density at radius 3 is 2.08 bits per heavy atom. The quantitative estimate of drug-likeness (QED) is 0.723. The zero-order chi connectivity index (χ0) is 18.4. The number of nitrogens with one attached hydrogen (secondary N) is 1. The number of hydrogen-bond acceptors (Lipinski definition) is 2. The smallest absolute Gasteiger partial charge is 0.208 e. The van der Waals surface area contributed by atoms with Crippen molar-refractivity contribution in [3.05, 3.63) is 54.1 Å². The molecule has 2 rings (SSSR count). The molecule has 25 heavy (non-hydrogen) atoms. The van der Waals surface area contributed by atoms with Crippen LogP contribution in [0.4, 0.5) is 8.78 Å². The van der Waals surface area contributed by atoms with Crippen molar-refractivity contribution in [1.29, 1.82) is 0 Å². The molecule has 0 saturated heterocycles. The Morgan fingerprint density at radius 1 is 0.960 bits per heavy atom. The predicted molar refractivity (Wildman–Crippen MR) is 95.7 cm³/mol. The van der Waals surface area contributed by atoms with Crippen molar-refractivity contribution >= 4 is 10.0 Å². The summed E-state index contributed by atoms with van der Waals surface area (Å²) in [5.41, 5.74) is 0.725. The normalized spacial score (nSPS) is 11.9. The first kappa shape index (κ1) is 19.5. The van der Waals surface area contributed by atoms with Gasteiger partial charge in [0.25, 0.3) is 0 Å². The van der Waals surface area contributed by atoms with E-state index in [2.05, 4.69) is 4.72 Å². The van der Waals surface area contributed by atoms with Crippen LogP contribution in [0.25, 0.3) is 11.1 Å². The molecule has 3 nitrogen and oxygen atoms in total. The molecule has 0 aliphatic heterocycles. The third-order valence-electron chi connectivity index (χ3n) is 4.00. The highest BCUT2D eigenvalue weighted by Gasteiger charge is 2.19. The third-order valence-corrected chi connectivity index (χ3v) is 5.54. The average Bonchev–Trinajstić information content (AvgIpc) is 2.55. The first-order chi connectivity index (χ1) is 11.9. The lowest BCUT2D eigenvalue weighted by molar-refractivity contribution is 0.494. The summed E-state index contributed by atoms with van der Waals surface area (Å²) in [5, 5.41) is 0. The molecule has 0 heterocycles. The van der Waals surface area contributed by atoms with Crippen LogP contribution in [0.2, 0.25) is 0 Å². The van der Waals surface area contributed by atoms with Gasteiger partial charge in [-0.3, -0.25) is 0 Å². The molecule has 0 aromatic heterocycles. The Kier molecular flexibility index (Phi) is 6.67. The Morgan fingerprint density at radius 2 is 1.56 bits per heavy atom. The van der Waals surface area contributed by atoms with Gasteiger partial charge in [-0.05, 0) is 42.7 Å². The summed E-state index contributed by atoms with van der Waals surface area (Å²) < 4.78 is 54.6. The van der Waals surface area contributed by atoms with Gasteiger partial charge in [0.2, 0.25) is 10.0 Å². The van der Waals surface area contributed by atoms with Crippen LogP contribution < -0.4 is 4.72 Å². The van der Waals surface area contributed by atoms with Crippen LogP contribution in [0.1, 0.15) is 39.5 Å². The van der Waals surface area contributed by atoms with Crippen molar-refractivity contribution in [2.45, 2.75) is 50.5 Å². The molecule has 0 atom stereocenters. The van der Waals surface area contributed by atoms with Gasteiger partial charge < -0.3 is 0 Å². The molecule has 2 aromatic carbocycles. The first-order valence-corrected chi connectivity index (χ1v) is 9.93. The minimum Gasteiger partial charge on any atom is -0.208 e. The monoisotopic (exact) mass is 367 g/mol. The molecule has 136 valence electrons. The van der Waals surface area contributed by atoms with Crippen molar-refractivity contribution < 1.29 is 17.2 Å². The third kappa shape index (κ3) is 5.09. The largest absolute Gasteiger partial charge is 0.240 e. The molecule has 0 aliphatic carbocycles. The SMILES string of the molecule is CCCC(CCC)NS(=O)(=O)c1ccc(-c2ccc(F)cc2F)cc1. The van der Waals surface area contributed by atoms with E-state index < -0.39 is 21.7 Å². The molecule has 0 unspecified atom stereocenters. The van der Waals surface area contributed by atoms with Crippen molar-refractivity contribution in [3.8, 4) is 11.1 Å². The number of halogens is 2. The van der Waals surface area contributed by atoms with E-state index in [-0.39, 0.29) is 16.5 Å². The molecule has 0 aliphatic rings. The lowest BCUT2D eigenvalue weighted by atomic mass is 10.1. The summed E-state index contributed by atoms with van der Waals surface area (Å²) in [6, 6.07) is 9.16. The maximum absolute atomic E-state index is 13.8. The van der Waals surface area contributed by atoms with Crippen LogP contribution >= 0.6 is 0 Å². The van der Waals surface area contributed by atoms with Crippen LogP contribution in [0.3, 0.4) is 0 Å². The first-order valence-electron chi connectivity index (χ1n) is 8.45. The minimum absolute atomic E-state index is 0.0887. The van der Waals surface area contributed by atoms with Crippen molar-refractivity contribution in [3.63, 3.8) is 0 Å². The Bertz CT molecular complexity index is 799. The molecule has 0 bridgehead atoms. The zero-order valence-corrected chi connectivity index (χ0v) is 15.2. The maximum atomic E-state index is 13.8. The van der Waals surface area contributed by atoms with Crippen molar-refractivity contribution in [2.24, 2.45) is 0 Å². The van der Waals surface area contributed by atoms with Crippen LogP contribution in [0.5, 0.6) is 0 Å². The summed E-state index contributed by atoms with van der Waals surface area (Å²) >= 11 is 0. The van der Waals surface area contributed by atoms with E-state index in [0.717, 1.165) is 31.7 Å². The molecular weight excluding hydrogens is 344 g/mol. The van der Waals surface area contributed by atoms with Crippen LogP contribution in [-0.2, 0) is 10.0 Å². The lowest BCUT2D eigenvalue weighted by Gasteiger charge is -2.17. The molecule has 6 heteroatoms. The molecule has 0 fully saturated rings. The van der Waals surface area contributed by atoms with Gasteiger partial charge in [0.1, 0.15) is 11.6 Å². The highest BCUT2D eigenvalue weighted by Crippen LogP contribution is 2.25. The summed E-state index contributed by atoms with van der Waals surface area (Å²) in [5.74, 6) is -1.33. The van der Waals surface area contributed by atoms with Crippen LogP contribution in [0.15, 0.2) is 47.4 Å². The second-order valence-corrected chi connectivity index (χ2v) is 7.76. The van der Waals surface area contributed by atoms with Crippen molar-refractivity contribution in [1.82, 2.24) is 4.72 Å². The average molecular weight is 367 g/mol. The number of hydrogen-bond donors (Lipinski definition) is 1. The van der Waals surface area contributed by atoms with E-state index in [1.54, 1.807) is 0 Å². The summed E-state index contributed by atoms with van der Waals surface area (Å²) in [4.78, 5) is 0.135. The molecule has 0 saturated carbocycles. The van der Waals surface area contributed by atoms with Gasteiger partial charge in [0, 0.05) is 17.7 Å². The fraction of sp³-hybridized carbons (Fsp3) is 0.368. The highest BCUT2D eigenvalue weighted by atomic mass is 32.2.